The highest BCUT2D eigenvalue weighted by atomic mass is 35.5. The molecule has 1 aromatic heterocycles. The van der Waals surface area contributed by atoms with Crippen molar-refractivity contribution in [2.45, 2.75) is 19.8 Å². The first-order valence-corrected chi connectivity index (χ1v) is 6.18. The number of anilines is 1. The van der Waals surface area contributed by atoms with Crippen LogP contribution in [0.4, 0.5) is 5.69 Å². The Kier molecular flexibility index (Phi) is 3.97. The van der Waals surface area contributed by atoms with Crippen LogP contribution < -0.4 is 10.6 Å². The lowest BCUT2D eigenvalue weighted by molar-refractivity contribution is -0.120. The van der Waals surface area contributed by atoms with Crippen LogP contribution in [0.1, 0.15) is 18.4 Å². The minimum Gasteiger partial charge on any atom is -0.324 e. The van der Waals surface area contributed by atoms with Crippen molar-refractivity contribution in [2.75, 3.05) is 18.4 Å². The Bertz CT molecular complexity index is 416. The highest BCUT2D eigenvalue weighted by molar-refractivity contribution is 6.30. The average molecular weight is 254 g/mol. The van der Waals surface area contributed by atoms with Gasteiger partial charge in [0.2, 0.25) is 5.91 Å². The van der Waals surface area contributed by atoms with E-state index in [1.165, 1.54) is 0 Å². The standard InChI is InChI=1S/C12H16ClN3O/c1-8-6-10(7-15-11(8)13)16-12(17)9-2-4-14-5-3-9/h6-7,9,14H,2-5H2,1H3,(H,16,17). The van der Waals surface area contributed by atoms with E-state index < -0.39 is 0 Å². The van der Waals surface area contributed by atoms with Crippen LogP contribution >= 0.6 is 11.6 Å². The number of carbonyl (C=O) groups is 1. The average Bonchev–Trinajstić information content (AvgIpc) is 2.35. The van der Waals surface area contributed by atoms with Crippen molar-refractivity contribution in [3.8, 4) is 0 Å². The molecule has 0 aliphatic carbocycles. The zero-order valence-corrected chi connectivity index (χ0v) is 10.5. The summed E-state index contributed by atoms with van der Waals surface area (Å²) < 4.78 is 0. The fraction of sp³-hybridized carbons (Fsp3) is 0.500. The second-order valence-corrected chi connectivity index (χ2v) is 4.70. The molecular weight excluding hydrogens is 238 g/mol. The number of carbonyl (C=O) groups excluding carboxylic acids is 1. The lowest BCUT2D eigenvalue weighted by atomic mass is 9.97. The predicted molar refractivity (Wildman–Crippen MR) is 68.2 cm³/mol. The zero-order chi connectivity index (χ0) is 12.3. The molecule has 92 valence electrons. The molecule has 1 aromatic rings. The smallest absolute Gasteiger partial charge is 0.227 e. The number of nitrogens with one attached hydrogen (secondary N) is 2. The Morgan fingerprint density at radius 2 is 2.24 bits per heavy atom. The molecule has 17 heavy (non-hydrogen) atoms. The maximum atomic E-state index is 12.0. The third-order valence-electron chi connectivity index (χ3n) is 2.99. The molecule has 0 saturated carbocycles. The summed E-state index contributed by atoms with van der Waals surface area (Å²) in [5, 5.41) is 6.61. The quantitative estimate of drug-likeness (QED) is 0.793. The summed E-state index contributed by atoms with van der Waals surface area (Å²) in [5.74, 6) is 0.183. The van der Waals surface area contributed by atoms with Crippen molar-refractivity contribution in [2.24, 2.45) is 5.92 Å². The van der Waals surface area contributed by atoms with E-state index >= 15 is 0 Å². The topological polar surface area (TPSA) is 54.0 Å². The van der Waals surface area contributed by atoms with E-state index in [0.717, 1.165) is 37.2 Å². The molecule has 2 N–H and O–H groups in total. The van der Waals surface area contributed by atoms with E-state index in [0.29, 0.717) is 5.15 Å². The van der Waals surface area contributed by atoms with Crippen LogP contribution in [-0.2, 0) is 4.79 Å². The van der Waals surface area contributed by atoms with Gasteiger partial charge in [-0.15, -0.1) is 0 Å². The number of aromatic nitrogens is 1. The first-order valence-electron chi connectivity index (χ1n) is 5.80. The number of piperidine rings is 1. The fourth-order valence-electron chi connectivity index (χ4n) is 1.95. The molecule has 1 fully saturated rings. The molecule has 0 bridgehead atoms. The van der Waals surface area contributed by atoms with E-state index in [4.69, 9.17) is 11.6 Å². The lowest BCUT2D eigenvalue weighted by Gasteiger charge is -2.21. The first-order chi connectivity index (χ1) is 8.16. The van der Waals surface area contributed by atoms with Gasteiger partial charge in [-0.25, -0.2) is 4.98 Å². The molecule has 0 atom stereocenters. The van der Waals surface area contributed by atoms with Crippen LogP contribution in [0.2, 0.25) is 5.15 Å². The number of hydrogen-bond acceptors (Lipinski definition) is 3. The van der Waals surface area contributed by atoms with Gasteiger partial charge in [-0.3, -0.25) is 4.79 Å². The van der Waals surface area contributed by atoms with Crippen molar-refractivity contribution in [1.82, 2.24) is 10.3 Å². The van der Waals surface area contributed by atoms with Crippen LogP contribution in [-0.4, -0.2) is 24.0 Å². The third-order valence-corrected chi connectivity index (χ3v) is 3.39. The molecule has 1 saturated heterocycles. The van der Waals surface area contributed by atoms with E-state index in [1.807, 2.05) is 13.0 Å². The maximum Gasteiger partial charge on any atom is 0.227 e. The highest BCUT2D eigenvalue weighted by Crippen LogP contribution is 2.18. The first kappa shape index (κ1) is 12.3. The summed E-state index contributed by atoms with van der Waals surface area (Å²) >= 11 is 5.83. The molecule has 1 aliphatic rings. The second kappa shape index (κ2) is 5.47. The Labute approximate surface area is 106 Å². The number of rotatable bonds is 2. The number of halogens is 1. The largest absolute Gasteiger partial charge is 0.324 e. The number of aryl methyl sites for hydroxylation is 1. The maximum absolute atomic E-state index is 12.0. The zero-order valence-electron chi connectivity index (χ0n) is 9.79. The second-order valence-electron chi connectivity index (χ2n) is 4.35. The molecule has 0 radical (unpaired) electrons. The highest BCUT2D eigenvalue weighted by Gasteiger charge is 2.20. The van der Waals surface area contributed by atoms with Gasteiger partial charge in [0.05, 0.1) is 11.9 Å². The summed E-state index contributed by atoms with van der Waals surface area (Å²) in [6.45, 7) is 3.70. The van der Waals surface area contributed by atoms with Gasteiger partial charge in [-0.2, -0.15) is 0 Å². The summed E-state index contributed by atoms with van der Waals surface area (Å²) in [6.07, 6.45) is 3.38. The molecule has 1 amide bonds. The van der Waals surface area contributed by atoms with Crippen molar-refractivity contribution in [3.05, 3.63) is 23.0 Å². The van der Waals surface area contributed by atoms with Gasteiger partial charge in [-0.05, 0) is 44.5 Å². The minimum absolute atomic E-state index is 0.0787. The SMILES string of the molecule is Cc1cc(NC(=O)C2CCNCC2)cnc1Cl. The predicted octanol–water partition coefficient (Wildman–Crippen LogP) is 1.98. The Morgan fingerprint density at radius 1 is 1.53 bits per heavy atom. The molecule has 4 nitrogen and oxygen atoms in total. The normalized spacial score (nSPS) is 16.8. The Morgan fingerprint density at radius 3 is 2.88 bits per heavy atom. The molecule has 0 spiro atoms. The third kappa shape index (κ3) is 3.17. The summed E-state index contributed by atoms with van der Waals surface area (Å²) in [5.41, 5.74) is 1.59. The van der Waals surface area contributed by atoms with Crippen molar-refractivity contribution in [3.63, 3.8) is 0 Å². The number of amides is 1. The molecular formula is C12H16ClN3O. The van der Waals surface area contributed by atoms with Crippen molar-refractivity contribution >= 4 is 23.2 Å². The van der Waals surface area contributed by atoms with Crippen molar-refractivity contribution in [1.29, 1.82) is 0 Å². The van der Waals surface area contributed by atoms with Gasteiger partial charge >= 0.3 is 0 Å². The Hall–Kier alpha value is -1.13. The Balaban J connectivity index is 1.99. The van der Waals surface area contributed by atoms with Gasteiger partial charge in [0.15, 0.2) is 0 Å². The monoisotopic (exact) mass is 253 g/mol. The molecule has 2 heterocycles. The van der Waals surface area contributed by atoms with Crippen LogP contribution in [0.25, 0.3) is 0 Å². The molecule has 0 aromatic carbocycles. The molecule has 2 rings (SSSR count). The summed E-state index contributed by atoms with van der Waals surface area (Å²) in [6, 6.07) is 1.84. The lowest BCUT2D eigenvalue weighted by Crippen LogP contribution is -2.34. The van der Waals surface area contributed by atoms with Gasteiger partial charge in [-0.1, -0.05) is 11.6 Å². The van der Waals surface area contributed by atoms with Gasteiger partial charge < -0.3 is 10.6 Å². The van der Waals surface area contributed by atoms with E-state index in [-0.39, 0.29) is 11.8 Å². The van der Waals surface area contributed by atoms with Gasteiger partial charge in [0.25, 0.3) is 0 Å². The number of nitrogens with zero attached hydrogens (tertiary/aromatic N) is 1. The fourth-order valence-corrected chi connectivity index (χ4v) is 2.06. The van der Waals surface area contributed by atoms with E-state index in [9.17, 15) is 4.79 Å². The van der Waals surface area contributed by atoms with Crippen LogP contribution in [0.3, 0.4) is 0 Å². The van der Waals surface area contributed by atoms with Gasteiger partial charge in [0.1, 0.15) is 5.15 Å². The minimum atomic E-state index is 0.0787. The number of pyridine rings is 1. The van der Waals surface area contributed by atoms with Crippen LogP contribution in [0.5, 0.6) is 0 Å². The van der Waals surface area contributed by atoms with Crippen LogP contribution in [0.15, 0.2) is 12.3 Å². The van der Waals surface area contributed by atoms with Gasteiger partial charge in [0, 0.05) is 5.92 Å². The summed E-state index contributed by atoms with van der Waals surface area (Å²) in [4.78, 5) is 16.0. The number of hydrogen-bond donors (Lipinski definition) is 2. The van der Waals surface area contributed by atoms with E-state index in [1.54, 1.807) is 6.20 Å². The van der Waals surface area contributed by atoms with Crippen molar-refractivity contribution < 1.29 is 4.79 Å². The summed E-state index contributed by atoms with van der Waals surface area (Å²) in [7, 11) is 0. The molecule has 0 unspecified atom stereocenters. The molecule has 5 heteroatoms. The van der Waals surface area contributed by atoms with Crippen LogP contribution in [0, 0.1) is 12.8 Å². The van der Waals surface area contributed by atoms with E-state index in [2.05, 4.69) is 15.6 Å². The molecule has 1 aliphatic heterocycles.